The van der Waals surface area contributed by atoms with Crippen LogP contribution in [0, 0.1) is 0 Å². The fraction of sp³-hybridized carbons (Fsp3) is 0. The first kappa shape index (κ1) is 8.39. The zero-order valence-electron chi connectivity index (χ0n) is 4.00. The third kappa shape index (κ3) is 1.99. The van der Waals surface area contributed by atoms with Gasteiger partial charge in [-0.1, -0.05) is 0 Å². The zero-order valence-corrected chi connectivity index (χ0v) is 4.00. The molecule has 9 heavy (non-hydrogen) atoms. The van der Waals surface area contributed by atoms with Crippen LogP contribution in [0.15, 0.2) is 27.8 Å². The van der Waals surface area contributed by atoms with E-state index in [-0.39, 0.29) is 25.5 Å². The first-order valence-electron chi connectivity index (χ1n) is 2.06. The van der Waals surface area contributed by atoms with Gasteiger partial charge in [0.25, 0.3) is 0 Å². The monoisotopic (exact) mass is 184 g/mol. The Hall–Kier alpha value is -0.614. The summed E-state index contributed by atoms with van der Waals surface area (Å²) in [6.45, 7) is 0. The van der Waals surface area contributed by atoms with Gasteiger partial charge in [0.2, 0.25) is 5.43 Å². The summed E-state index contributed by atoms with van der Waals surface area (Å²) in [5.74, 6) is -0.354. The molecule has 0 aliphatic rings. The predicted octanol–water partition coefficient (Wildman–Crippen LogP) is -0.839. The molecule has 1 aromatic heterocycles. The average molecular weight is 185 g/mol. The zero-order chi connectivity index (χ0) is 5.98. The number of hydrogen-bond acceptors (Lipinski definition) is 3. The maximum atomic E-state index is 10.3. The molecule has 0 fully saturated rings. The third-order valence-electron chi connectivity index (χ3n) is 0.730. The first-order chi connectivity index (χ1) is 3.80. The predicted molar refractivity (Wildman–Crippen MR) is 36.6 cm³/mol. The summed E-state index contributed by atoms with van der Waals surface area (Å²) in [6.07, 6.45) is 2.20. The van der Waals surface area contributed by atoms with Crippen molar-refractivity contribution >= 4 is 19.8 Å². The quantitative estimate of drug-likeness (QED) is 0.536. The van der Waals surface area contributed by atoms with E-state index in [4.69, 9.17) is 5.11 Å². The van der Waals surface area contributed by atoms with Crippen molar-refractivity contribution in [3.8, 4) is 5.75 Å². The number of aromatic hydroxyl groups is 1. The van der Waals surface area contributed by atoms with Gasteiger partial charge in [-0.05, 0) is 0 Å². The van der Waals surface area contributed by atoms with Gasteiger partial charge >= 0.3 is 19.8 Å². The summed E-state index contributed by atoms with van der Waals surface area (Å²) in [7, 11) is 0. The van der Waals surface area contributed by atoms with E-state index in [1.54, 1.807) is 0 Å². The molecular weight excluding hydrogens is 178 g/mol. The van der Waals surface area contributed by atoms with Gasteiger partial charge in [0, 0.05) is 6.07 Å². The molecule has 0 atom stereocenters. The van der Waals surface area contributed by atoms with Crippen LogP contribution in [-0.4, -0.2) is 24.9 Å². The molecule has 0 aliphatic heterocycles. The van der Waals surface area contributed by atoms with Gasteiger partial charge in [-0.3, -0.25) is 4.79 Å². The van der Waals surface area contributed by atoms with Crippen LogP contribution in [0.5, 0.6) is 5.75 Å². The Labute approximate surface area is 64.4 Å². The molecule has 0 amide bonds. The van der Waals surface area contributed by atoms with Crippen molar-refractivity contribution in [3.63, 3.8) is 0 Å². The molecule has 0 aliphatic carbocycles. The van der Waals surface area contributed by atoms with Crippen LogP contribution in [0.3, 0.4) is 0 Å². The normalized spacial score (nSPS) is 8.00. The van der Waals surface area contributed by atoms with Gasteiger partial charge in [0.15, 0.2) is 5.75 Å². The second-order valence-electron chi connectivity index (χ2n) is 1.31. The third-order valence-corrected chi connectivity index (χ3v) is 0.730. The van der Waals surface area contributed by atoms with Crippen LogP contribution in [0.1, 0.15) is 0 Å². The summed E-state index contributed by atoms with van der Waals surface area (Å²) in [5, 5.41) is 8.51. The van der Waals surface area contributed by atoms with Crippen molar-refractivity contribution < 1.29 is 9.52 Å². The summed E-state index contributed by atoms with van der Waals surface area (Å²) in [6, 6.07) is 1.15. The standard InChI is InChI=1S/C5H4O3.Ga.3H/c6-4-1-2-8-3-5(4)7;;;;/h1-3,7H;;;;. The minimum atomic E-state index is -0.420. The molecule has 1 N–H and O–H groups in total. The fourth-order valence-electron chi connectivity index (χ4n) is 0.348. The van der Waals surface area contributed by atoms with Gasteiger partial charge < -0.3 is 9.52 Å². The maximum absolute atomic E-state index is 10.3. The molecular formula is C5H7GaO3. The summed E-state index contributed by atoms with van der Waals surface area (Å²) >= 11 is 0. The molecule has 48 valence electrons. The summed E-state index contributed by atoms with van der Waals surface area (Å²) in [4.78, 5) is 10.3. The first-order valence-corrected chi connectivity index (χ1v) is 2.06. The van der Waals surface area contributed by atoms with Gasteiger partial charge in [-0.2, -0.15) is 0 Å². The Kier molecular flexibility index (Phi) is 3.19. The molecule has 1 rings (SSSR count). The van der Waals surface area contributed by atoms with Crippen molar-refractivity contribution in [1.82, 2.24) is 0 Å². The molecule has 0 unspecified atom stereocenters. The molecule has 0 saturated carbocycles. The summed E-state index contributed by atoms with van der Waals surface area (Å²) in [5.41, 5.74) is -0.420. The Bertz CT molecular complexity index is 230. The van der Waals surface area contributed by atoms with E-state index in [9.17, 15) is 4.79 Å². The molecule has 1 aromatic rings. The Morgan fingerprint density at radius 3 is 2.56 bits per heavy atom. The molecule has 4 heteroatoms. The van der Waals surface area contributed by atoms with E-state index in [2.05, 4.69) is 4.42 Å². The molecule has 0 aromatic carbocycles. The second-order valence-corrected chi connectivity index (χ2v) is 1.31. The minimum absolute atomic E-state index is 0. The van der Waals surface area contributed by atoms with Crippen LogP contribution in [0.2, 0.25) is 0 Å². The van der Waals surface area contributed by atoms with Crippen molar-refractivity contribution in [2.45, 2.75) is 0 Å². The average Bonchev–Trinajstić information content (AvgIpc) is 1.77. The van der Waals surface area contributed by atoms with Crippen molar-refractivity contribution in [2.75, 3.05) is 0 Å². The topological polar surface area (TPSA) is 50.4 Å². The van der Waals surface area contributed by atoms with Gasteiger partial charge in [-0.15, -0.1) is 0 Å². The van der Waals surface area contributed by atoms with Crippen molar-refractivity contribution in [2.24, 2.45) is 0 Å². The molecule has 0 saturated heterocycles. The van der Waals surface area contributed by atoms with Crippen molar-refractivity contribution in [3.05, 3.63) is 28.8 Å². The van der Waals surface area contributed by atoms with E-state index >= 15 is 0 Å². The Morgan fingerprint density at radius 2 is 2.22 bits per heavy atom. The van der Waals surface area contributed by atoms with Gasteiger partial charge in [0.05, 0.1) is 6.26 Å². The van der Waals surface area contributed by atoms with E-state index in [1.807, 2.05) is 0 Å². The summed E-state index contributed by atoms with van der Waals surface area (Å²) < 4.78 is 4.44. The van der Waals surface area contributed by atoms with E-state index in [1.165, 1.54) is 6.26 Å². The number of hydrogen-bond donors (Lipinski definition) is 1. The van der Waals surface area contributed by atoms with Gasteiger partial charge in [0.1, 0.15) is 6.26 Å². The van der Waals surface area contributed by atoms with Crippen molar-refractivity contribution in [1.29, 1.82) is 0 Å². The van der Waals surface area contributed by atoms with Crippen LogP contribution in [0.4, 0.5) is 0 Å². The van der Waals surface area contributed by atoms with E-state index in [0.29, 0.717) is 0 Å². The Morgan fingerprint density at radius 1 is 1.56 bits per heavy atom. The Balaban J connectivity index is 0.000000640. The van der Waals surface area contributed by atoms with Crippen LogP contribution in [0.25, 0.3) is 0 Å². The van der Waals surface area contributed by atoms with E-state index in [0.717, 1.165) is 12.3 Å². The van der Waals surface area contributed by atoms with Crippen LogP contribution < -0.4 is 5.43 Å². The SMILES string of the molecule is O=c1ccocc1O.[GaH3]. The molecule has 0 spiro atoms. The van der Waals surface area contributed by atoms with E-state index < -0.39 is 5.43 Å². The molecule has 0 radical (unpaired) electrons. The molecule has 1 heterocycles. The van der Waals surface area contributed by atoms with Gasteiger partial charge in [-0.25, -0.2) is 0 Å². The molecule has 0 bridgehead atoms. The number of rotatable bonds is 0. The fourth-order valence-corrected chi connectivity index (χ4v) is 0.348. The molecule has 3 nitrogen and oxygen atoms in total. The van der Waals surface area contributed by atoms with Crippen LogP contribution in [-0.2, 0) is 0 Å². The second kappa shape index (κ2) is 3.42. The van der Waals surface area contributed by atoms with Crippen LogP contribution >= 0.6 is 0 Å².